The van der Waals surface area contributed by atoms with Crippen LogP contribution >= 0.6 is 11.8 Å². The smallest absolute Gasteiger partial charge is 0.0273 e. The van der Waals surface area contributed by atoms with Crippen molar-refractivity contribution < 1.29 is 0 Å². The number of hydrogen-bond acceptors (Lipinski definition) is 1. The van der Waals surface area contributed by atoms with Crippen LogP contribution in [0.4, 0.5) is 0 Å². The van der Waals surface area contributed by atoms with Gasteiger partial charge in [0.2, 0.25) is 0 Å². The van der Waals surface area contributed by atoms with E-state index in [4.69, 9.17) is 0 Å². The minimum absolute atomic E-state index is 0.248. The Morgan fingerprint density at radius 1 is 0.537 bits per heavy atom. The third-order valence-corrected chi connectivity index (χ3v) is 12.4. The van der Waals surface area contributed by atoms with E-state index in [2.05, 4.69) is 135 Å². The van der Waals surface area contributed by atoms with E-state index in [9.17, 15) is 0 Å². The van der Waals surface area contributed by atoms with Gasteiger partial charge >= 0.3 is 0 Å². The second kappa shape index (κ2) is 8.37. The molecule has 1 aliphatic carbocycles. The predicted molar refractivity (Wildman–Crippen MR) is 179 cm³/mol. The van der Waals surface area contributed by atoms with Crippen molar-refractivity contribution in [2.45, 2.75) is 54.6 Å². The monoisotopic (exact) mass is 544 g/mol. The molecular weight excluding hydrogens is 513 g/mol. The Kier molecular flexibility index (Phi) is 4.87. The summed E-state index contributed by atoms with van der Waals surface area (Å²) in [5.74, 6) is 0. The van der Waals surface area contributed by atoms with Gasteiger partial charge in [0.25, 0.3) is 0 Å². The van der Waals surface area contributed by atoms with E-state index in [1.165, 1.54) is 95.9 Å². The van der Waals surface area contributed by atoms with Crippen molar-refractivity contribution in [1.29, 1.82) is 0 Å². The van der Waals surface area contributed by atoms with Crippen LogP contribution in [-0.2, 0) is 5.41 Å². The molecule has 0 amide bonds. The van der Waals surface area contributed by atoms with Crippen LogP contribution in [0.2, 0.25) is 0 Å². The Morgan fingerprint density at radius 3 is 2.02 bits per heavy atom. The lowest BCUT2D eigenvalue weighted by atomic mass is 9.64. The fourth-order valence-corrected chi connectivity index (χ4v) is 9.97. The highest BCUT2D eigenvalue weighted by atomic mass is 32.2. The van der Waals surface area contributed by atoms with Crippen LogP contribution in [0.3, 0.4) is 0 Å². The molecule has 0 bridgehead atoms. The topological polar surface area (TPSA) is 0 Å². The van der Waals surface area contributed by atoms with Crippen molar-refractivity contribution in [3.8, 4) is 22.3 Å². The van der Waals surface area contributed by atoms with Crippen LogP contribution in [0.5, 0.6) is 0 Å². The highest BCUT2D eigenvalue weighted by Crippen LogP contribution is 2.63. The summed E-state index contributed by atoms with van der Waals surface area (Å²) >= 11 is 2.14. The van der Waals surface area contributed by atoms with Gasteiger partial charge in [-0.15, -0.1) is 11.8 Å². The van der Waals surface area contributed by atoms with Crippen molar-refractivity contribution in [2.24, 2.45) is 0 Å². The van der Waals surface area contributed by atoms with E-state index in [1.807, 2.05) is 0 Å². The highest BCUT2D eigenvalue weighted by molar-refractivity contribution is 8.01. The van der Waals surface area contributed by atoms with Crippen LogP contribution in [0.25, 0.3) is 65.3 Å². The normalized spacial score (nSPS) is 22.1. The summed E-state index contributed by atoms with van der Waals surface area (Å²) in [6, 6.07) is 41.5. The molecule has 0 radical (unpaired) electrons. The molecule has 1 heteroatoms. The largest absolute Gasteiger partial charge is 0.118 e. The van der Waals surface area contributed by atoms with Gasteiger partial charge in [0, 0.05) is 15.1 Å². The average molecular weight is 545 g/mol. The van der Waals surface area contributed by atoms with Gasteiger partial charge in [-0.2, -0.15) is 0 Å². The van der Waals surface area contributed by atoms with Gasteiger partial charge in [0.1, 0.15) is 0 Å². The lowest BCUT2D eigenvalue weighted by molar-refractivity contribution is 0.260. The van der Waals surface area contributed by atoms with E-state index in [0.29, 0.717) is 4.75 Å². The number of benzene rings is 7. The molecule has 2 aliphatic rings. The molecule has 1 aliphatic heterocycles. The van der Waals surface area contributed by atoms with Crippen LogP contribution in [-0.4, -0.2) is 4.75 Å². The molecule has 0 saturated heterocycles. The fourth-order valence-electron chi connectivity index (χ4n) is 8.27. The number of hydrogen-bond donors (Lipinski definition) is 0. The van der Waals surface area contributed by atoms with Gasteiger partial charge in [-0.05, 0) is 103 Å². The summed E-state index contributed by atoms with van der Waals surface area (Å²) in [4.78, 5) is 1.50. The lowest BCUT2D eigenvalue weighted by Gasteiger charge is -2.45. The SMILES string of the molecule is CC12CCCCC1(C)c1cc(-c3ccc4ccc5c(-c6cccc7ccccc67)ccc6ccc3c4c65)ccc1S2. The molecule has 1 fully saturated rings. The average Bonchev–Trinajstić information content (AvgIpc) is 3.25. The van der Waals surface area contributed by atoms with Crippen molar-refractivity contribution in [3.63, 3.8) is 0 Å². The van der Waals surface area contributed by atoms with E-state index < -0.39 is 0 Å². The first-order chi connectivity index (χ1) is 20.0. The molecule has 41 heavy (non-hydrogen) atoms. The van der Waals surface area contributed by atoms with Gasteiger partial charge in [-0.25, -0.2) is 0 Å². The summed E-state index contributed by atoms with van der Waals surface area (Å²) in [6.45, 7) is 5.05. The van der Waals surface area contributed by atoms with Gasteiger partial charge in [0.05, 0.1) is 0 Å². The van der Waals surface area contributed by atoms with Crippen molar-refractivity contribution in [1.82, 2.24) is 0 Å². The number of rotatable bonds is 2. The summed E-state index contributed by atoms with van der Waals surface area (Å²) in [5, 5.41) is 10.7. The first kappa shape index (κ1) is 23.9. The zero-order chi connectivity index (χ0) is 27.3. The second-order valence-electron chi connectivity index (χ2n) is 12.8. The second-order valence-corrected chi connectivity index (χ2v) is 14.3. The molecule has 2 atom stereocenters. The minimum atomic E-state index is 0.248. The maximum atomic E-state index is 2.55. The van der Waals surface area contributed by atoms with E-state index in [0.717, 1.165) is 0 Å². The summed E-state index contributed by atoms with van der Waals surface area (Å²) in [6.07, 6.45) is 5.31. The standard InChI is InChI=1S/C40H32S/c1-39-22-5-6-23-40(39,2)41-36-21-16-28(24-35(36)39)30-17-12-26-15-20-34-32(18-13-27-14-19-33(30)37(26)38(27)34)31-11-7-9-25-8-3-4-10-29(25)31/h3-4,7-21,24H,5-6,22-23H2,1-2H3. The molecule has 1 heterocycles. The minimum Gasteiger partial charge on any atom is -0.118 e. The Labute approximate surface area is 245 Å². The Hall–Kier alpha value is -3.81. The van der Waals surface area contributed by atoms with Crippen LogP contribution < -0.4 is 0 Å². The predicted octanol–water partition coefficient (Wildman–Crippen LogP) is 11.8. The van der Waals surface area contributed by atoms with Crippen LogP contribution in [0.15, 0.2) is 114 Å². The molecule has 7 aromatic rings. The maximum absolute atomic E-state index is 2.55. The van der Waals surface area contributed by atoms with Crippen molar-refractivity contribution >= 4 is 54.9 Å². The zero-order valence-corrected chi connectivity index (χ0v) is 24.4. The summed E-state index contributed by atoms with van der Waals surface area (Å²) < 4.78 is 0.312. The maximum Gasteiger partial charge on any atom is 0.0273 e. The molecule has 198 valence electrons. The van der Waals surface area contributed by atoms with E-state index >= 15 is 0 Å². The Balaban J connectivity index is 1.29. The molecule has 0 spiro atoms. The molecule has 0 nitrogen and oxygen atoms in total. The molecule has 0 N–H and O–H groups in total. The molecule has 7 aromatic carbocycles. The van der Waals surface area contributed by atoms with Crippen LogP contribution in [0, 0.1) is 0 Å². The van der Waals surface area contributed by atoms with Crippen molar-refractivity contribution in [2.75, 3.05) is 0 Å². The molecule has 1 saturated carbocycles. The number of thioether (sulfide) groups is 1. The van der Waals surface area contributed by atoms with E-state index in [-0.39, 0.29) is 5.41 Å². The summed E-state index contributed by atoms with van der Waals surface area (Å²) in [5.41, 5.74) is 7.15. The van der Waals surface area contributed by atoms with Gasteiger partial charge in [-0.3, -0.25) is 0 Å². The van der Waals surface area contributed by atoms with E-state index in [1.54, 1.807) is 5.56 Å². The lowest BCUT2D eigenvalue weighted by Crippen LogP contribution is -2.43. The number of fused-ring (bicyclic) bond motifs is 4. The van der Waals surface area contributed by atoms with Crippen molar-refractivity contribution in [3.05, 3.63) is 115 Å². The molecule has 2 unspecified atom stereocenters. The summed E-state index contributed by atoms with van der Waals surface area (Å²) in [7, 11) is 0. The highest BCUT2D eigenvalue weighted by Gasteiger charge is 2.53. The first-order valence-corrected chi connectivity index (χ1v) is 15.9. The molecule has 9 rings (SSSR count). The quantitative estimate of drug-likeness (QED) is 0.195. The third kappa shape index (κ3) is 3.19. The van der Waals surface area contributed by atoms with Crippen LogP contribution in [0.1, 0.15) is 45.1 Å². The fraction of sp³-hybridized carbons (Fsp3) is 0.200. The van der Waals surface area contributed by atoms with Gasteiger partial charge < -0.3 is 0 Å². The Bertz CT molecular complexity index is 2170. The Morgan fingerprint density at radius 2 is 1.20 bits per heavy atom. The van der Waals surface area contributed by atoms with Gasteiger partial charge in [0.15, 0.2) is 0 Å². The third-order valence-electron chi connectivity index (χ3n) is 10.7. The molecule has 0 aromatic heterocycles. The first-order valence-electron chi connectivity index (χ1n) is 15.1. The zero-order valence-electron chi connectivity index (χ0n) is 23.6. The molecular formula is C40H32S. The van der Waals surface area contributed by atoms with Gasteiger partial charge in [-0.1, -0.05) is 117 Å².